The number of rotatable bonds is 10. The Kier molecular flexibility index (Phi) is 9.19. The number of hydrogen-bond donors (Lipinski definition) is 2. The highest BCUT2D eigenvalue weighted by atomic mass is 32.3. The first-order chi connectivity index (χ1) is 17.5. The molecule has 2 N–H and O–H groups in total. The fourth-order valence-corrected chi connectivity index (χ4v) is 5.49. The molecule has 1 unspecified atom stereocenters. The molecule has 0 aliphatic carbocycles. The minimum absolute atomic E-state index is 0.110. The summed E-state index contributed by atoms with van der Waals surface area (Å²) in [4.78, 5) is 13.1. The number of amides is 1. The SMILES string of the molecule is CCN(CC(=O)NCc1cc(OC)cc(-c2ccc(C(F)(F)F)cc2)c1)S(O)(OC)c1ccc(F)cc1. The van der Waals surface area contributed by atoms with Crippen molar-refractivity contribution in [2.24, 2.45) is 0 Å². The first-order valence-electron chi connectivity index (χ1n) is 11.2. The summed E-state index contributed by atoms with van der Waals surface area (Å²) in [5, 5.41) is 2.78. The maximum Gasteiger partial charge on any atom is 0.416 e. The summed E-state index contributed by atoms with van der Waals surface area (Å²) in [5.41, 5.74) is 1.11. The van der Waals surface area contributed by atoms with Crippen LogP contribution in [0.2, 0.25) is 0 Å². The van der Waals surface area contributed by atoms with Crippen LogP contribution in [0.3, 0.4) is 0 Å². The smallest absolute Gasteiger partial charge is 0.416 e. The summed E-state index contributed by atoms with van der Waals surface area (Å²) in [6.07, 6.45) is -4.43. The van der Waals surface area contributed by atoms with Crippen molar-refractivity contribution in [2.75, 3.05) is 27.3 Å². The van der Waals surface area contributed by atoms with Crippen LogP contribution in [0.5, 0.6) is 5.75 Å². The van der Waals surface area contributed by atoms with E-state index in [0.29, 0.717) is 27.3 Å². The molecule has 1 amide bonds. The summed E-state index contributed by atoms with van der Waals surface area (Å²) >= 11 is 0. The number of alkyl halides is 3. The van der Waals surface area contributed by atoms with Gasteiger partial charge in [-0.1, -0.05) is 19.1 Å². The monoisotopic (exact) mass is 540 g/mol. The Labute approximate surface area is 214 Å². The topological polar surface area (TPSA) is 71.0 Å². The minimum Gasteiger partial charge on any atom is -0.497 e. The Balaban J connectivity index is 1.73. The molecule has 0 bridgehead atoms. The van der Waals surface area contributed by atoms with Gasteiger partial charge < -0.3 is 10.1 Å². The number of hydrogen-bond acceptors (Lipinski definition) is 5. The van der Waals surface area contributed by atoms with Gasteiger partial charge in [0.15, 0.2) is 0 Å². The van der Waals surface area contributed by atoms with E-state index in [4.69, 9.17) is 8.92 Å². The molecule has 200 valence electrons. The zero-order chi connectivity index (χ0) is 27.2. The fourth-order valence-electron chi connectivity index (χ4n) is 3.65. The lowest BCUT2D eigenvalue weighted by Gasteiger charge is -2.45. The first-order valence-corrected chi connectivity index (χ1v) is 12.7. The molecule has 0 aliphatic heterocycles. The molecule has 1 atom stereocenters. The van der Waals surface area contributed by atoms with Crippen molar-refractivity contribution in [1.29, 1.82) is 0 Å². The second kappa shape index (κ2) is 12.0. The van der Waals surface area contributed by atoms with Gasteiger partial charge in [-0.05, 0) is 71.3 Å². The van der Waals surface area contributed by atoms with Crippen LogP contribution < -0.4 is 10.1 Å². The number of halogens is 4. The van der Waals surface area contributed by atoms with E-state index >= 15 is 0 Å². The van der Waals surface area contributed by atoms with Crippen LogP contribution >= 0.6 is 10.8 Å². The Morgan fingerprint density at radius 1 is 1.00 bits per heavy atom. The molecule has 3 aromatic rings. The number of nitrogens with one attached hydrogen (secondary N) is 1. The second-order valence-electron chi connectivity index (χ2n) is 7.99. The van der Waals surface area contributed by atoms with Gasteiger partial charge in [0.25, 0.3) is 0 Å². The van der Waals surface area contributed by atoms with Gasteiger partial charge in [0.05, 0.1) is 31.2 Å². The highest BCUT2D eigenvalue weighted by molar-refractivity contribution is 8.23. The quantitative estimate of drug-likeness (QED) is 0.297. The Morgan fingerprint density at radius 2 is 1.65 bits per heavy atom. The van der Waals surface area contributed by atoms with E-state index in [1.807, 2.05) is 0 Å². The van der Waals surface area contributed by atoms with Crippen LogP contribution in [0, 0.1) is 5.82 Å². The summed E-state index contributed by atoms with van der Waals surface area (Å²) in [5.74, 6) is -0.381. The molecule has 11 heteroatoms. The lowest BCUT2D eigenvalue weighted by Crippen LogP contribution is -2.39. The predicted molar refractivity (Wildman–Crippen MR) is 134 cm³/mol. The first kappa shape index (κ1) is 28.5. The number of methoxy groups -OCH3 is 1. The maximum atomic E-state index is 13.3. The molecule has 0 saturated heterocycles. The van der Waals surface area contributed by atoms with Crippen molar-refractivity contribution in [3.05, 3.63) is 83.7 Å². The van der Waals surface area contributed by atoms with Gasteiger partial charge in [-0.15, -0.1) is 10.8 Å². The number of carbonyl (C=O) groups is 1. The molecule has 3 rings (SSSR count). The third-order valence-corrected chi connectivity index (χ3v) is 8.05. The summed E-state index contributed by atoms with van der Waals surface area (Å²) in [7, 11) is -0.216. The molecular formula is C26H28F4N2O4S. The molecule has 0 heterocycles. The number of nitrogens with zero attached hydrogens (tertiary/aromatic N) is 1. The summed E-state index contributed by atoms with van der Waals surface area (Å²) < 4.78 is 75.4. The van der Waals surface area contributed by atoms with Crippen LogP contribution in [-0.2, 0) is 21.7 Å². The summed E-state index contributed by atoms with van der Waals surface area (Å²) in [6, 6.07) is 15.2. The highest BCUT2D eigenvalue weighted by Gasteiger charge is 2.30. The summed E-state index contributed by atoms with van der Waals surface area (Å²) in [6.45, 7) is 1.95. The van der Waals surface area contributed by atoms with Gasteiger partial charge >= 0.3 is 6.18 Å². The van der Waals surface area contributed by atoms with E-state index in [-0.39, 0.29) is 19.6 Å². The van der Waals surface area contributed by atoms with E-state index in [2.05, 4.69) is 5.32 Å². The number of benzene rings is 3. The maximum absolute atomic E-state index is 13.3. The van der Waals surface area contributed by atoms with E-state index < -0.39 is 34.2 Å². The normalized spacial score (nSPS) is 14.2. The molecule has 0 saturated carbocycles. The molecule has 6 nitrogen and oxygen atoms in total. The molecular weight excluding hydrogens is 512 g/mol. The Bertz CT molecular complexity index is 1210. The molecule has 0 fully saturated rings. The van der Waals surface area contributed by atoms with Crippen LogP contribution in [0.15, 0.2) is 71.6 Å². The van der Waals surface area contributed by atoms with Crippen molar-refractivity contribution in [1.82, 2.24) is 9.62 Å². The number of carbonyl (C=O) groups excluding carboxylic acids is 1. The Morgan fingerprint density at radius 3 is 2.19 bits per heavy atom. The van der Waals surface area contributed by atoms with E-state index in [1.54, 1.807) is 25.1 Å². The highest BCUT2D eigenvalue weighted by Crippen LogP contribution is 2.55. The second-order valence-corrected chi connectivity index (χ2v) is 10.3. The molecule has 0 spiro atoms. The largest absolute Gasteiger partial charge is 0.497 e. The molecule has 3 aromatic carbocycles. The van der Waals surface area contributed by atoms with E-state index in [1.165, 1.54) is 54.9 Å². The van der Waals surface area contributed by atoms with Crippen LogP contribution in [-0.4, -0.2) is 42.1 Å². The van der Waals surface area contributed by atoms with Crippen LogP contribution in [0.1, 0.15) is 18.1 Å². The average Bonchev–Trinajstić information content (AvgIpc) is 2.89. The molecule has 0 radical (unpaired) electrons. The van der Waals surface area contributed by atoms with Gasteiger partial charge in [-0.3, -0.25) is 13.5 Å². The third-order valence-electron chi connectivity index (χ3n) is 5.61. The van der Waals surface area contributed by atoms with Gasteiger partial charge in [0, 0.05) is 13.1 Å². The minimum atomic E-state index is -4.43. The lowest BCUT2D eigenvalue weighted by molar-refractivity contribution is -0.137. The lowest BCUT2D eigenvalue weighted by atomic mass is 10.0. The van der Waals surface area contributed by atoms with Crippen molar-refractivity contribution in [3.63, 3.8) is 0 Å². The fraction of sp³-hybridized carbons (Fsp3) is 0.269. The van der Waals surface area contributed by atoms with Crippen molar-refractivity contribution >= 4 is 16.7 Å². The zero-order valence-corrected chi connectivity index (χ0v) is 21.3. The van der Waals surface area contributed by atoms with Gasteiger partial charge in [0.1, 0.15) is 11.6 Å². The molecule has 0 aliphatic rings. The predicted octanol–water partition coefficient (Wildman–Crippen LogP) is 6.27. The number of likely N-dealkylation sites (N-methyl/N-ethyl adjacent to an activating group) is 1. The van der Waals surface area contributed by atoms with Gasteiger partial charge in [-0.2, -0.15) is 17.5 Å². The molecule has 0 aromatic heterocycles. The van der Waals surface area contributed by atoms with Gasteiger partial charge in [-0.25, -0.2) is 4.39 Å². The molecule has 37 heavy (non-hydrogen) atoms. The zero-order valence-electron chi connectivity index (χ0n) is 20.5. The van der Waals surface area contributed by atoms with Crippen molar-refractivity contribution in [2.45, 2.75) is 24.5 Å². The standard InChI is InChI=1S/C26H28F4N2O4S/c1-4-32(37(34,36-3)24-11-9-22(27)10-12-24)17-25(33)31-16-18-13-20(15-23(14-18)35-2)19-5-7-21(8-6-19)26(28,29)30/h5-15,34H,4,16-17H2,1-3H3,(H,31,33). The van der Waals surface area contributed by atoms with Crippen molar-refractivity contribution < 1.29 is 35.8 Å². The third kappa shape index (κ3) is 7.01. The van der Waals surface area contributed by atoms with Crippen molar-refractivity contribution in [3.8, 4) is 16.9 Å². The van der Waals surface area contributed by atoms with Crippen LogP contribution in [0.25, 0.3) is 11.1 Å². The average molecular weight is 541 g/mol. The number of ether oxygens (including phenoxy) is 1. The van der Waals surface area contributed by atoms with Gasteiger partial charge in [0.2, 0.25) is 5.91 Å². The van der Waals surface area contributed by atoms with Crippen LogP contribution in [0.4, 0.5) is 17.6 Å². The van der Waals surface area contributed by atoms with E-state index in [9.17, 15) is 26.9 Å². The van der Waals surface area contributed by atoms with E-state index in [0.717, 1.165) is 12.1 Å². The Hall–Kier alpha value is -3.12.